The minimum absolute atomic E-state index is 0.0781. The minimum atomic E-state index is 0.0781. The quantitative estimate of drug-likeness (QED) is 0.802. The highest BCUT2D eigenvalue weighted by atomic mass is 16.2. The smallest absolute Gasteiger partial charge is 0.317 e. The summed E-state index contributed by atoms with van der Waals surface area (Å²) < 4.78 is 0. The van der Waals surface area contributed by atoms with Crippen molar-refractivity contribution in [1.29, 1.82) is 0 Å². The zero-order valence-electron chi connectivity index (χ0n) is 12.8. The van der Waals surface area contributed by atoms with E-state index in [1.54, 1.807) is 11.8 Å². The molecule has 0 unspecified atom stereocenters. The van der Waals surface area contributed by atoms with Crippen LogP contribution in [0, 0.1) is 0 Å². The Bertz CT molecular complexity index is 181. The maximum Gasteiger partial charge on any atom is 0.317 e. The monoisotopic (exact) mass is 260 g/mol. The van der Waals surface area contributed by atoms with Crippen LogP contribution in [0.5, 0.6) is 0 Å². The van der Waals surface area contributed by atoms with Gasteiger partial charge < -0.3 is 15.3 Å². The molecule has 4 nitrogen and oxygen atoms in total. The van der Waals surface area contributed by atoms with Crippen molar-refractivity contribution in [2.24, 2.45) is 0 Å². The van der Waals surface area contributed by atoms with E-state index in [9.17, 15) is 4.79 Å². The summed E-state index contributed by atoms with van der Waals surface area (Å²) >= 11 is 0. The molecule has 0 aromatic rings. The van der Waals surface area contributed by atoms with Crippen molar-refractivity contribution < 1.29 is 9.90 Å². The van der Waals surface area contributed by atoms with Gasteiger partial charge in [0.05, 0.1) is 0 Å². The highest BCUT2D eigenvalue weighted by Gasteiger charge is 2.16. The van der Waals surface area contributed by atoms with E-state index in [1.165, 1.54) is 19.3 Å². The molecular formula is C14H32N2O2. The van der Waals surface area contributed by atoms with E-state index in [-0.39, 0.29) is 12.6 Å². The summed E-state index contributed by atoms with van der Waals surface area (Å²) in [6.07, 6.45) is 6.17. The zero-order valence-corrected chi connectivity index (χ0v) is 12.8. The third-order valence-corrected chi connectivity index (χ3v) is 2.75. The van der Waals surface area contributed by atoms with Gasteiger partial charge in [0, 0.05) is 26.2 Å². The van der Waals surface area contributed by atoms with Crippen LogP contribution in [0.3, 0.4) is 0 Å². The first-order chi connectivity index (χ1) is 8.65. The highest BCUT2D eigenvalue weighted by Crippen LogP contribution is 2.17. The van der Waals surface area contributed by atoms with Crippen molar-refractivity contribution in [3.63, 3.8) is 0 Å². The molecule has 0 bridgehead atoms. The molecule has 4 heteroatoms. The van der Waals surface area contributed by atoms with E-state index in [0.717, 1.165) is 19.4 Å². The molecule has 0 aliphatic heterocycles. The Balaban J connectivity index is 0. The van der Waals surface area contributed by atoms with Crippen LogP contribution in [-0.4, -0.2) is 42.3 Å². The van der Waals surface area contributed by atoms with Gasteiger partial charge in [-0.15, -0.1) is 0 Å². The van der Waals surface area contributed by atoms with E-state index < -0.39 is 0 Å². The Kier molecular flexibility index (Phi) is 15.5. The lowest BCUT2D eigenvalue weighted by atomic mass is 9.96. The topological polar surface area (TPSA) is 52.6 Å². The van der Waals surface area contributed by atoms with Crippen LogP contribution in [0.15, 0.2) is 0 Å². The molecule has 1 aliphatic rings. The number of nitrogens with zero attached hydrogens (tertiary/aromatic N) is 1. The van der Waals surface area contributed by atoms with Crippen molar-refractivity contribution >= 4 is 6.03 Å². The number of hydrogen-bond acceptors (Lipinski definition) is 2. The van der Waals surface area contributed by atoms with Crippen LogP contribution in [0.4, 0.5) is 4.79 Å². The molecule has 0 saturated heterocycles. The lowest BCUT2D eigenvalue weighted by Gasteiger charge is -2.25. The molecule has 2 amide bonds. The van der Waals surface area contributed by atoms with Gasteiger partial charge in [0.25, 0.3) is 0 Å². The Labute approximate surface area is 113 Å². The summed E-state index contributed by atoms with van der Waals surface area (Å²) in [7, 11) is 1.83. The van der Waals surface area contributed by atoms with Crippen LogP contribution >= 0.6 is 0 Å². The molecule has 0 atom stereocenters. The fourth-order valence-electron chi connectivity index (χ4n) is 1.68. The van der Waals surface area contributed by atoms with Gasteiger partial charge in [-0.1, -0.05) is 33.1 Å². The predicted octanol–water partition coefficient (Wildman–Crippen LogP) is 3.01. The lowest BCUT2D eigenvalue weighted by molar-refractivity contribution is 0.203. The summed E-state index contributed by atoms with van der Waals surface area (Å²) in [5, 5.41) is 10.6. The Morgan fingerprint density at radius 3 is 2.06 bits per heavy atom. The number of amides is 2. The Morgan fingerprint density at radius 1 is 1.22 bits per heavy atom. The van der Waals surface area contributed by atoms with Gasteiger partial charge in [0.15, 0.2) is 0 Å². The molecular weight excluding hydrogens is 228 g/mol. The maximum absolute atomic E-state index is 11.5. The van der Waals surface area contributed by atoms with Crippen LogP contribution in [0.25, 0.3) is 0 Å². The molecule has 1 fully saturated rings. The third-order valence-electron chi connectivity index (χ3n) is 2.75. The van der Waals surface area contributed by atoms with Crippen LogP contribution in [-0.2, 0) is 0 Å². The van der Waals surface area contributed by atoms with Crippen LogP contribution in [0.1, 0.15) is 59.8 Å². The minimum Gasteiger partial charge on any atom is -0.397 e. The molecule has 2 N–H and O–H groups in total. The van der Waals surface area contributed by atoms with Crippen molar-refractivity contribution in [3.8, 4) is 0 Å². The standard InChI is InChI=1S/C10H20N2O.C2H6O.C2H6/c1-3-12(2)10(13)11-9-7-5-4-6-8-9;1-2-3;1-2/h9H,3-8H2,1-2H3,(H,11,13);3H,2H2,1H3;1-2H3. The van der Waals surface area contributed by atoms with Gasteiger partial charge in [0.1, 0.15) is 0 Å². The second kappa shape index (κ2) is 14.3. The third kappa shape index (κ3) is 10.4. The summed E-state index contributed by atoms with van der Waals surface area (Å²) in [5.41, 5.74) is 0. The molecule has 0 radical (unpaired) electrons. The van der Waals surface area contributed by atoms with Gasteiger partial charge in [-0.05, 0) is 26.7 Å². The first-order valence-corrected chi connectivity index (χ1v) is 7.28. The van der Waals surface area contributed by atoms with Crippen molar-refractivity contribution in [1.82, 2.24) is 10.2 Å². The number of nitrogens with one attached hydrogen (secondary N) is 1. The number of aliphatic hydroxyl groups excluding tert-OH is 1. The number of aliphatic hydroxyl groups is 1. The number of hydrogen-bond donors (Lipinski definition) is 2. The first kappa shape index (κ1) is 19.6. The van der Waals surface area contributed by atoms with Crippen LogP contribution in [0.2, 0.25) is 0 Å². The fraction of sp³-hybridized carbons (Fsp3) is 0.929. The molecule has 0 heterocycles. The van der Waals surface area contributed by atoms with Gasteiger partial charge in [-0.25, -0.2) is 4.79 Å². The summed E-state index contributed by atoms with van der Waals surface area (Å²) in [4.78, 5) is 13.2. The number of carbonyl (C=O) groups is 1. The van der Waals surface area contributed by atoms with Gasteiger partial charge >= 0.3 is 6.03 Å². The second-order valence-corrected chi connectivity index (χ2v) is 4.11. The predicted molar refractivity (Wildman–Crippen MR) is 77.8 cm³/mol. The number of rotatable bonds is 2. The SMILES string of the molecule is CC.CCN(C)C(=O)NC1CCCCC1.CCO. The molecule has 0 aromatic heterocycles. The maximum atomic E-state index is 11.5. The Hall–Kier alpha value is -0.770. The molecule has 1 saturated carbocycles. The van der Waals surface area contributed by atoms with Gasteiger partial charge in [-0.3, -0.25) is 0 Å². The molecule has 1 rings (SSSR count). The number of carbonyl (C=O) groups excluding carboxylic acids is 1. The average Bonchev–Trinajstić information content (AvgIpc) is 2.42. The normalized spacial score (nSPS) is 14.6. The molecule has 1 aliphatic carbocycles. The van der Waals surface area contributed by atoms with E-state index in [2.05, 4.69) is 5.32 Å². The summed E-state index contributed by atoms with van der Waals surface area (Å²) in [6.45, 7) is 8.69. The van der Waals surface area contributed by atoms with Gasteiger partial charge in [-0.2, -0.15) is 0 Å². The molecule has 0 spiro atoms. The van der Waals surface area contributed by atoms with E-state index in [4.69, 9.17) is 5.11 Å². The second-order valence-electron chi connectivity index (χ2n) is 4.11. The lowest BCUT2D eigenvalue weighted by Crippen LogP contribution is -2.43. The van der Waals surface area contributed by atoms with Crippen molar-refractivity contribution in [2.75, 3.05) is 20.2 Å². The summed E-state index contributed by atoms with van der Waals surface area (Å²) in [5.74, 6) is 0. The van der Waals surface area contributed by atoms with Gasteiger partial charge in [0.2, 0.25) is 0 Å². The van der Waals surface area contributed by atoms with Crippen molar-refractivity contribution in [2.45, 2.75) is 65.8 Å². The first-order valence-electron chi connectivity index (χ1n) is 7.28. The molecule has 18 heavy (non-hydrogen) atoms. The molecule has 0 aromatic carbocycles. The van der Waals surface area contributed by atoms with Crippen LogP contribution < -0.4 is 5.32 Å². The zero-order chi connectivity index (χ0) is 14.4. The van der Waals surface area contributed by atoms with E-state index in [1.807, 2.05) is 27.8 Å². The largest absolute Gasteiger partial charge is 0.397 e. The highest BCUT2D eigenvalue weighted by molar-refractivity contribution is 5.74. The fourth-order valence-corrected chi connectivity index (χ4v) is 1.68. The van der Waals surface area contributed by atoms with E-state index in [0.29, 0.717) is 6.04 Å². The Morgan fingerprint density at radius 2 is 1.67 bits per heavy atom. The van der Waals surface area contributed by atoms with Crippen molar-refractivity contribution in [3.05, 3.63) is 0 Å². The summed E-state index contributed by atoms with van der Waals surface area (Å²) in [6, 6.07) is 0.504. The van der Waals surface area contributed by atoms with E-state index >= 15 is 0 Å². The molecule has 110 valence electrons. The average molecular weight is 260 g/mol. The number of urea groups is 1.